The highest BCUT2D eigenvalue weighted by atomic mass is 35.5. The lowest BCUT2D eigenvalue weighted by atomic mass is 10.00. The number of halogens is 2. The minimum atomic E-state index is -0.262. The molecule has 0 radical (unpaired) electrons. The second-order valence-corrected chi connectivity index (χ2v) is 5.94. The van der Waals surface area contributed by atoms with E-state index in [0.717, 1.165) is 16.7 Å². The van der Waals surface area contributed by atoms with Gasteiger partial charge in [0.25, 0.3) is 5.91 Å². The molecule has 120 valence electrons. The minimum absolute atomic E-state index is 0.231. The molecule has 0 heterocycles. The van der Waals surface area contributed by atoms with Crippen LogP contribution in [0.3, 0.4) is 0 Å². The van der Waals surface area contributed by atoms with Crippen LogP contribution in [-0.2, 0) is 0 Å². The molecular weight excluding hydrogens is 325 g/mol. The van der Waals surface area contributed by atoms with Crippen LogP contribution in [-0.4, -0.2) is 5.91 Å². The molecule has 1 N–H and O–H groups in total. The minimum Gasteiger partial charge on any atom is -0.322 e. The Morgan fingerprint density at radius 1 is 1.00 bits per heavy atom. The summed E-state index contributed by atoms with van der Waals surface area (Å²) in [6, 6.07) is 18.9. The molecule has 0 atom stereocenters. The van der Waals surface area contributed by atoms with Crippen molar-refractivity contribution in [2.24, 2.45) is 0 Å². The van der Waals surface area contributed by atoms with E-state index in [4.69, 9.17) is 11.6 Å². The zero-order valence-corrected chi connectivity index (χ0v) is 13.8. The van der Waals surface area contributed by atoms with Crippen LogP contribution >= 0.6 is 11.6 Å². The number of anilines is 1. The highest BCUT2D eigenvalue weighted by Crippen LogP contribution is 2.26. The summed E-state index contributed by atoms with van der Waals surface area (Å²) in [5.41, 5.74) is 3.84. The van der Waals surface area contributed by atoms with E-state index in [1.54, 1.807) is 30.3 Å². The van der Waals surface area contributed by atoms with Crippen LogP contribution in [0.4, 0.5) is 10.1 Å². The summed E-state index contributed by atoms with van der Waals surface area (Å²) < 4.78 is 13.3. The Morgan fingerprint density at radius 2 is 1.79 bits per heavy atom. The first-order valence-electron chi connectivity index (χ1n) is 7.46. The fourth-order valence-corrected chi connectivity index (χ4v) is 2.74. The highest BCUT2D eigenvalue weighted by molar-refractivity contribution is 6.31. The van der Waals surface area contributed by atoms with Gasteiger partial charge in [0.15, 0.2) is 0 Å². The van der Waals surface area contributed by atoms with Gasteiger partial charge in [-0.2, -0.15) is 0 Å². The van der Waals surface area contributed by atoms with Crippen molar-refractivity contribution in [3.63, 3.8) is 0 Å². The van der Waals surface area contributed by atoms with Gasteiger partial charge in [-0.15, -0.1) is 0 Å². The van der Waals surface area contributed by atoms with Crippen LogP contribution in [0.25, 0.3) is 11.1 Å². The predicted molar refractivity (Wildman–Crippen MR) is 96.0 cm³/mol. The Hall–Kier alpha value is -2.65. The summed E-state index contributed by atoms with van der Waals surface area (Å²) in [7, 11) is 0. The van der Waals surface area contributed by atoms with Gasteiger partial charge >= 0.3 is 0 Å². The van der Waals surface area contributed by atoms with Crippen molar-refractivity contribution in [1.82, 2.24) is 0 Å². The van der Waals surface area contributed by atoms with Gasteiger partial charge in [0.1, 0.15) is 5.82 Å². The Kier molecular flexibility index (Phi) is 4.63. The lowest BCUT2D eigenvalue weighted by Gasteiger charge is -2.10. The van der Waals surface area contributed by atoms with E-state index >= 15 is 0 Å². The standard InChI is InChI=1S/C20H15ClFNO/c1-13-10-17(22)8-9-19(13)14-4-3-7-18(12-14)23-20(24)15-5-2-6-16(21)11-15/h2-12H,1H3,(H,23,24). The summed E-state index contributed by atoms with van der Waals surface area (Å²) in [6.45, 7) is 1.86. The topological polar surface area (TPSA) is 29.1 Å². The molecular formula is C20H15ClFNO. The van der Waals surface area contributed by atoms with Crippen LogP contribution in [0.5, 0.6) is 0 Å². The molecule has 0 saturated heterocycles. The largest absolute Gasteiger partial charge is 0.322 e. The van der Waals surface area contributed by atoms with Crippen LogP contribution in [0.15, 0.2) is 66.7 Å². The zero-order chi connectivity index (χ0) is 17.1. The van der Waals surface area contributed by atoms with Crippen molar-refractivity contribution >= 4 is 23.2 Å². The maximum atomic E-state index is 13.3. The first-order chi connectivity index (χ1) is 11.5. The highest BCUT2D eigenvalue weighted by Gasteiger charge is 2.08. The third-order valence-corrected chi connectivity index (χ3v) is 3.94. The summed E-state index contributed by atoms with van der Waals surface area (Å²) in [5.74, 6) is -0.493. The Balaban J connectivity index is 1.87. The lowest BCUT2D eigenvalue weighted by Crippen LogP contribution is -2.11. The maximum Gasteiger partial charge on any atom is 0.255 e. The van der Waals surface area contributed by atoms with E-state index in [1.807, 2.05) is 31.2 Å². The van der Waals surface area contributed by atoms with Gasteiger partial charge in [0.05, 0.1) is 0 Å². The average Bonchev–Trinajstić information content (AvgIpc) is 2.55. The molecule has 0 aromatic heterocycles. The van der Waals surface area contributed by atoms with Crippen LogP contribution in [0, 0.1) is 12.7 Å². The molecule has 1 amide bonds. The fraction of sp³-hybridized carbons (Fsp3) is 0.0500. The molecule has 4 heteroatoms. The van der Waals surface area contributed by atoms with Crippen LogP contribution in [0.2, 0.25) is 5.02 Å². The smallest absolute Gasteiger partial charge is 0.255 e. The molecule has 2 nitrogen and oxygen atoms in total. The molecule has 3 rings (SSSR count). The van der Waals surface area contributed by atoms with Gasteiger partial charge in [-0.05, 0) is 66.1 Å². The van der Waals surface area contributed by atoms with E-state index in [0.29, 0.717) is 16.3 Å². The summed E-state index contributed by atoms with van der Waals surface area (Å²) in [6.07, 6.45) is 0. The van der Waals surface area contributed by atoms with Crippen molar-refractivity contribution in [2.75, 3.05) is 5.32 Å². The molecule has 24 heavy (non-hydrogen) atoms. The number of carbonyl (C=O) groups excluding carboxylic acids is 1. The molecule has 0 unspecified atom stereocenters. The van der Waals surface area contributed by atoms with Crippen molar-refractivity contribution < 1.29 is 9.18 Å². The predicted octanol–water partition coefficient (Wildman–Crippen LogP) is 5.71. The van der Waals surface area contributed by atoms with E-state index < -0.39 is 0 Å². The van der Waals surface area contributed by atoms with E-state index in [1.165, 1.54) is 12.1 Å². The van der Waals surface area contributed by atoms with E-state index in [2.05, 4.69) is 5.32 Å². The first-order valence-corrected chi connectivity index (χ1v) is 7.84. The number of amides is 1. The number of nitrogens with one attached hydrogen (secondary N) is 1. The monoisotopic (exact) mass is 339 g/mol. The van der Waals surface area contributed by atoms with Crippen molar-refractivity contribution in [3.8, 4) is 11.1 Å². The van der Waals surface area contributed by atoms with Gasteiger partial charge in [0, 0.05) is 16.3 Å². The Bertz CT molecular complexity index is 908. The number of rotatable bonds is 3. The summed E-state index contributed by atoms with van der Waals surface area (Å²) >= 11 is 5.92. The van der Waals surface area contributed by atoms with Gasteiger partial charge in [-0.25, -0.2) is 4.39 Å². The SMILES string of the molecule is Cc1cc(F)ccc1-c1cccc(NC(=O)c2cccc(Cl)c2)c1. The molecule has 0 fully saturated rings. The summed E-state index contributed by atoms with van der Waals surface area (Å²) in [4.78, 5) is 12.3. The molecule has 0 aliphatic carbocycles. The van der Waals surface area contributed by atoms with Crippen molar-refractivity contribution in [3.05, 3.63) is 88.7 Å². The van der Waals surface area contributed by atoms with Crippen molar-refractivity contribution in [1.29, 1.82) is 0 Å². The number of carbonyl (C=O) groups is 1. The van der Waals surface area contributed by atoms with Crippen molar-refractivity contribution in [2.45, 2.75) is 6.92 Å². The van der Waals surface area contributed by atoms with Gasteiger partial charge < -0.3 is 5.32 Å². The normalized spacial score (nSPS) is 10.5. The van der Waals surface area contributed by atoms with Crippen LogP contribution < -0.4 is 5.32 Å². The van der Waals surface area contributed by atoms with E-state index in [-0.39, 0.29) is 11.7 Å². The fourth-order valence-electron chi connectivity index (χ4n) is 2.55. The third kappa shape index (κ3) is 3.63. The molecule has 0 aliphatic rings. The molecule has 3 aromatic rings. The maximum absolute atomic E-state index is 13.3. The second-order valence-electron chi connectivity index (χ2n) is 5.50. The number of aryl methyl sites for hydroxylation is 1. The lowest BCUT2D eigenvalue weighted by molar-refractivity contribution is 0.102. The van der Waals surface area contributed by atoms with Crippen LogP contribution in [0.1, 0.15) is 15.9 Å². The Morgan fingerprint density at radius 3 is 2.54 bits per heavy atom. The number of hydrogen-bond donors (Lipinski definition) is 1. The number of benzene rings is 3. The summed E-state index contributed by atoms with van der Waals surface area (Å²) in [5, 5.41) is 3.37. The molecule has 0 bridgehead atoms. The third-order valence-electron chi connectivity index (χ3n) is 3.71. The van der Waals surface area contributed by atoms with Gasteiger partial charge in [0.2, 0.25) is 0 Å². The quantitative estimate of drug-likeness (QED) is 0.651. The van der Waals surface area contributed by atoms with Gasteiger partial charge in [-0.1, -0.05) is 35.9 Å². The van der Waals surface area contributed by atoms with Gasteiger partial charge in [-0.3, -0.25) is 4.79 Å². The molecule has 0 aliphatic heterocycles. The molecule has 0 spiro atoms. The second kappa shape index (κ2) is 6.85. The van der Waals surface area contributed by atoms with E-state index in [9.17, 15) is 9.18 Å². The molecule has 0 saturated carbocycles. The number of hydrogen-bond acceptors (Lipinski definition) is 1. The Labute approximate surface area is 144 Å². The molecule has 3 aromatic carbocycles. The first kappa shape index (κ1) is 16.2. The average molecular weight is 340 g/mol. The zero-order valence-electron chi connectivity index (χ0n) is 13.0.